The molecule has 0 radical (unpaired) electrons. The largest absolute Gasteiger partial charge is 0.459 e. The van der Waals surface area contributed by atoms with E-state index in [0.29, 0.717) is 30.7 Å². The highest BCUT2D eigenvalue weighted by Gasteiger charge is 2.39. The van der Waals surface area contributed by atoms with Crippen molar-refractivity contribution in [2.24, 2.45) is 17.6 Å². The minimum atomic E-state index is -0.700. The number of hydroxylamine groups is 2. The van der Waals surface area contributed by atoms with Crippen molar-refractivity contribution in [3.63, 3.8) is 0 Å². The molecule has 1 saturated heterocycles. The van der Waals surface area contributed by atoms with Crippen LogP contribution in [0, 0.1) is 11.8 Å². The summed E-state index contributed by atoms with van der Waals surface area (Å²) in [5, 5.41) is 0.557. The number of carbonyl (C=O) groups is 4. The Morgan fingerprint density at radius 2 is 1.69 bits per heavy atom. The van der Waals surface area contributed by atoms with Crippen molar-refractivity contribution in [2.45, 2.75) is 70.9 Å². The third-order valence-electron chi connectivity index (χ3n) is 4.78. The van der Waals surface area contributed by atoms with E-state index in [1.807, 2.05) is 0 Å². The topological polar surface area (TPSA) is 140 Å². The molecule has 2 rings (SSSR count). The number of amides is 2. The summed E-state index contributed by atoms with van der Waals surface area (Å²) in [7, 11) is 0. The van der Waals surface area contributed by atoms with Crippen molar-refractivity contribution in [1.82, 2.24) is 15.9 Å². The Hall–Kier alpha value is -2.27. The molecule has 2 aliphatic rings. The van der Waals surface area contributed by atoms with Crippen LogP contribution in [0.15, 0.2) is 0 Å². The van der Waals surface area contributed by atoms with Gasteiger partial charge in [0.2, 0.25) is 0 Å². The van der Waals surface area contributed by atoms with Crippen LogP contribution in [0.1, 0.15) is 59.3 Å². The second-order valence-corrected chi connectivity index (χ2v) is 8.69. The SMILES string of the molecule is CC(C)(C)OC(=O)C(NNC(N)=S)C1CCC(C(=O)ON2C(=O)CCC2=O)CC1. The van der Waals surface area contributed by atoms with Crippen LogP contribution in [0.2, 0.25) is 0 Å². The molecule has 11 heteroatoms. The molecule has 1 heterocycles. The summed E-state index contributed by atoms with van der Waals surface area (Å²) < 4.78 is 5.47. The molecule has 2 amide bonds. The molecule has 4 N–H and O–H groups in total. The molecule has 1 unspecified atom stereocenters. The minimum absolute atomic E-state index is 0.00392. The van der Waals surface area contributed by atoms with Crippen molar-refractivity contribution in [3.05, 3.63) is 0 Å². The fourth-order valence-corrected chi connectivity index (χ4v) is 3.45. The van der Waals surface area contributed by atoms with Crippen molar-refractivity contribution in [2.75, 3.05) is 0 Å². The monoisotopic (exact) mass is 428 g/mol. The standard InChI is InChI=1S/C18H28N4O6S/c1-18(2,3)27-16(26)14(20-21-17(19)29)10-4-6-11(7-5-10)15(25)28-22-12(23)8-9-13(22)24/h10-11,14,20H,4-9H2,1-3H3,(H3,19,21,29). The van der Waals surface area contributed by atoms with Gasteiger partial charge in [-0.25, -0.2) is 10.2 Å². The number of carbonyl (C=O) groups excluding carboxylic acids is 4. The Kier molecular flexibility index (Phi) is 7.53. The second kappa shape index (κ2) is 9.49. The Bertz CT molecular complexity index is 668. The molecule has 0 bridgehead atoms. The third-order valence-corrected chi connectivity index (χ3v) is 4.88. The van der Waals surface area contributed by atoms with Gasteiger partial charge < -0.3 is 15.3 Å². The lowest BCUT2D eigenvalue weighted by molar-refractivity contribution is -0.201. The maximum absolute atomic E-state index is 12.6. The van der Waals surface area contributed by atoms with Crippen LogP contribution in [0.4, 0.5) is 0 Å². The number of hydrogen-bond acceptors (Lipinski definition) is 8. The van der Waals surface area contributed by atoms with Crippen LogP contribution in [-0.2, 0) is 28.8 Å². The summed E-state index contributed by atoms with van der Waals surface area (Å²) in [5.41, 5.74) is 10.2. The molecule has 0 spiro atoms. The highest BCUT2D eigenvalue weighted by atomic mass is 32.1. The highest BCUT2D eigenvalue weighted by Crippen LogP contribution is 2.33. The average Bonchev–Trinajstić information content (AvgIpc) is 2.92. The minimum Gasteiger partial charge on any atom is -0.459 e. The summed E-state index contributed by atoms with van der Waals surface area (Å²) in [6, 6.07) is -0.700. The summed E-state index contributed by atoms with van der Waals surface area (Å²) in [5.74, 6) is -2.62. The summed E-state index contributed by atoms with van der Waals surface area (Å²) in [4.78, 5) is 53.2. The zero-order valence-corrected chi connectivity index (χ0v) is 17.7. The Labute approximate surface area is 174 Å². The fraction of sp³-hybridized carbons (Fsp3) is 0.722. The lowest BCUT2D eigenvalue weighted by atomic mass is 9.78. The Morgan fingerprint density at radius 3 is 2.17 bits per heavy atom. The zero-order valence-electron chi connectivity index (χ0n) is 16.9. The van der Waals surface area contributed by atoms with Crippen LogP contribution in [0.3, 0.4) is 0 Å². The number of hydrazine groups is 1. The molecule has 162 valence electrons. The van der Waals surface area contributed by atoms with Crippen molar-refractivity contribution in [3.8, 4) is 0 Å². The summed E-state index contributed by atoms with van der Waals surface area (Å²) in [6.07, 6.45) is 2.09. The van der Waals surface area contributed by atoms with Gasteiger partial charge in [0, 0.05) is 12.8 Å². The van der Waals surface area contributed by atoms with Gasteiger partial charge in [0.25, 0.3) is 11.8 Å². The van der Waals surface area contributed by atoms with E-state index in [9.17, 15) is 19.2 Å². The zero-order chi connectivity index (χ0) is 21.8. The summed E-state index contributed by atoms with van der Waals surface area (Å²) >= 11 is 4.78. The van der Waals surface area contributed by atoms with E-state index >= 15 is 0 Å². The number of thiocarbonyl (C=S) groups is 1. The van der Waals surface area contributed by atoms with Crippen LogP contribution >= 0.6 is 12.2 Å². The second-order valence-electron chi connectivity index (χ2n) is 8.25. The van der Waals surface area contributed by atoms with Gasteiger partial charge in [0.05, 0.1) is 5.92 Å². The molecule has 1 aliphatic heterocycles. The van der Waals surface area contributed by atoms with E-state index in [4.69, 9.17) is 27.5 Å². The van der Waals surface area contributed by atoms with Gasteiger partial charge in [-0.1, -0.05) is 0 Å². The number of imide groups is 1. The number of ether oxygens (including phenoxy) is 1. The lowest BCUT2D eigenvalue weighted by Gasteiger charge is -2.34. The van der Waals surface area contributed by atoms with Crippen LogP contribution in [-0.4, -0.2) is 45.6 Å². The molecule has 29 heavy (non-hydrogen) atoms. The van der Waals surface area contributed by atoms with Gasteiger partial charge in [0.1, 0.15) is 11.6 Å². The number of nitrogens with one attached hydrogen (secondary N) is 2. The van der Waals surface area contributed by atoms with Crippen LogP contribution in [0.25, 0.3) is 0 Å². The first-order valence-electron chi connectivity index (χ1n) is 9.59. The smallest absolute Gasteiger partial charge is 0.336 e. The quantitative estimate of drug-likeness (QED) is 0.236. The van der Waals surface area contributed by atoms with E-state index in [2.05, 4.69) is 10.9 Å². The fourth-order valence-electron chi connectivity index (χ4n) is 3.39. The van der Waals surface area contributed by atoms with E-state index in [0.717, 1.165) is 0 Å². The van der Waals surface area contributed by atoms with Gasteiger partial charge in [-0.05, 0) is 64.6 Å². The number of nitrogens with two attached hydrogens (primary N) is 1. The molecule has 1 saturated carbocycles. The molecule has 0 aromatic rings. The molecular formula is C18H28N4O6S. The third kappa shape index (κ3) is 6.64. The average molecular weight is 429 g/mol. The number of esters is 1. The van der Waals surface area contributed by atoms with Gasteiger partial charge in [0.15, 0.2) is 5.11 Å². The predicted octanol–water partition coefficient (Wildman–Crippen LogP) is 0.448. The molecule has 0 aromatic heterocycles. The molecule has 1 atom stereocenters. The first-order valence-corrected chi connectivity index (χ1v) is 10.00. The maximum Gasteiger partial charge on any atom is 0.336 e. The first kappa shape index (κ1) is 23.0. The number of hydrogen-bond donors (Lipinski definition) is 3. The van der Waals surface area contributed by atoms with Gasteiger partial charge in [-0.15, -0.1) is 5.06 Å². The number of rotatable bonds is 6. The predicted molar refractivity (Wildman–Crippen MR) is 105 cm³/mol. The normalized spacial score (nSPS) is 23.5. The van der Waals surface area contributed by atoms with Gasteiger partial charge in [-0.3, -0.25) is 19.8 Å². The highest BCUT2D eigenvalue weighted by molar-refractivity contribution is 7.80. The van der Waals surface area contributed by atoms with Gasteiger partial charge in [-0.2, -0.15) is 0 Å². The Morgan fingerprint density at radius 1 is 1.14 bits per heavy atom. The Balaban J connectivity index is 1.94. The summed E-state index contributed by atoms with van der Waals surface area (Å²) in [6.45, 7) is 5.32. The molecule has 10 nitrogen and oxygen atoms in total. The van der Waals surface area contributed by atoms with E-state index in [1.54, 1.807) is 20.8 Å². The van der Waals surface area contributed by atoms with Crippen LogP contribution < -0.4 is 16.6 Å². The van der Waals surface area contributed by atoms with E-state index in [1.165, 1.54) is 0 Å². The van der Waals surface area contributed by atoms with E-state index < -0.39 is 41.3 Å². The van der Waals surface area contributed by atoms with Crippen molar-refractivity contribution in [1.29, 1.82) is 0 Å². The van der Waals surface area contributed by atoms with E-state index in [-0.39, 0.29) is 23.9 Å². The molecule has 2 fully saturated rings. The molecule has 0 aromatic carbocycles. The maximum atomic E-state index is 12.6. The molecular weight excluding hydrogens is 400 g/mol. The number of nitrogens with zero attached hydrogens (tertiary/aromatic N) is 1. The van der Waals surface area contributed by atoms with Gasteiger partial charge >= 0.3 is 11.9 Å². The van der Waals surface area contributed by atoms with Crippen LogP contribution in [0.5, 0.6) is 0 Å². The first-order chi connectivity index (χ1) is 13.5. The van der Waals surface area contributed by atoms with Crippen molar-refractivity contribution >= 4 is 41.1 Å². The lowest BCUT2D eigenvalue weighted by Crippen LogP contribution is -2.55. The molecule has 1 aliphatic carbocycles. The van der Waals surface area contributed by atoms with Crippen molar-refractivity contribution < 1.29 is 28.8 Å².